The topological polar surface area (TPSA) is 68.9 Å². The fraction of sp³-hybridized carbons (Fsp3) is 0. The Kier molecular flexibility index (Phi) is 2.55. The van der Waals surface area contributed by atoms with Crippen LogP contribution < -0.4 is 0 Å². The summed E-state index contributed by atoms with van der Waals surface area (Å²) < 4.78 is 13.0. The molecule has 6 heteroatoms. The zero-order valence-corrected chi connectivity index (χ0v) is 8.00. The number of benzene rings is 1. The molecule has 80 valence electrons. The van der Waals surface area contributed by atoms with Crippen LogP contribution in [0.5, 0.6) is 0 Å². The van der Waals surface area contributed by atoms with Crippen LogP contribution in [-0.4, -0.2) is 14.9 Å². The van der Waals surface area contributed by atoms with Crippen LogP contribution in [-0.2, 0) is 0 Å². The Balaban J connectivity index is 2.63. The third kappa shape index (κ3) is 1.85. The first-order chi connectivity index (χ1) is 7.68. The van der Waals surface area contributed by atoms with Gasteiger partial charge >= 0.3 is 0 Å². The molecular formula is C10H6FN3O2. The fourth-order valence-corrected chi connectivity index (χ4v) is 1.34. The van der Waals surface area contributed by atoms with Crippen LogP contribution in [0.2, 0.25) is 0 Å². The van der Waals surface area contributed by atoms with E-state index in [0.29, 0.717) is 5.56 Å². The van der Waals surface area contributed by atoms with Crippen LogP contribution in [0.15, 0.2) is 36.9 Å². The molecule has 0 aliphatic rings. The standard InChI is InChI=1S/C10H6FN3O2/c11-8-1-2-10(14(15)16)9(3-8)7-4-12-6-13-5-7/h1-6H. The number of nitrogens with zero attached hydrogens (tertiary/aromatic N) is 3. The number of hydrogen-bond acceptors (Lipinski definition) is 4. The summed E-state index contributed by atoms with van der Waals surface area (Å²) in [4.78, 5) is 17.7. The Morgan fingerprint density at radius 3 is 2.56 bits per heavy atom. The summed E-state index contributed by atoms with van der Waals surface area (Å²) in [5.41, 5.74) is 0.413. The molecule has 0 radical (unpaired) electrons. The fourth-order valence-electron chi connectivity index (χ4n) is 1.34. The molecule has 2 rings (SSSR count). The highest BCUT2D eigenvalue weighted by Gasteiger charge is 2.16. The molecule has 0 fully saturated rings. The highest BCUT2D eigenvalue weighted by atomic mass is 19.1. The van der Waals surface area contributed by atoms with Crippen molar-refractivity contribution in [1.82, 2.24) is 9.97 Å². The van der Waals surface area contributed by atoms with Crippen molar-refractivity contribution in [1.29, 1.82) is 0 Å². The van der Waals surface area contributed by atoms with Crippen molar-refractivity contribution in [3.8, 4) is 11.1 Å². The van der Waals surface area contributed by atoms with Gasteiger partial charge in [0.25, 0.3) is 5.69 Å². The number of nitro groups is 1. The van der Waals surface area contributed by atoms with Crippen LogP contribution in [0.4, 0.5) is 10.1 Å². The lowest BCUT2D eigenvalue weighted by atomic mass is 10.1. The van der Waals surface area contributed by atoms with Crippen molar-refractivity contribution < 1.29 is 9.31 Å². The van der Waals surface area contributed by atoms with Gasteiger partial charge in [0, 0.05) is 24.0 Å². The van der Waals surface area contributed by atoms with E-state index in [1.807, 2.05) is 0 Å². The molecule has 0 unspecified atom stereocenters. The van der Waals surface area contributed by atoms with Gasteiger partial charge in [0.05, 0.1) is 10.5 Å². The predicted molar refractivity (Wildman–Crippen MR) is 54.1 cm³/mol. The van der Waals surface area contributed by atoms with Gasteiger partial charge in [-0.15, -0.1) is 0 Å². The van der Waals surface area contributed by atoms with E-state index in [4.69, 9.17) is 0 Å². The molecule has 16 heavy (non-hydrogen) atoms. The van der Waals surface area contributed by atoms with Gasteiger partial charge in [-0.2, -0.15) is 0 Å². The molecule has 0 aliphatic heterocycles. The Hall–Kier alpha value is -2.37. The van der Waals surface area contributed by atoms with Gasteiger partial charge in [-0.25, -0.2) is 14.4 Å². The third-order valence-corrected chi connectivity index (χ3v) is 2.03. The van der Waals surface area contributed by atoms with Gasteiger partial charge < -0.3 is 0 Å². The van der Waals surface area contributed by atoms with Crippen molar-refractivity contribution in [2.45, 2.75) is 0 Å². The summed E-state index contributed by atoms with van der Waals surface area (Å²) in [7, 11) is 0. The lowest BCUT2D eigenvalue weighted by Gasteiger charge is -2.01. The van der Waals surface area contributed by atoms with Crippen LogP contribution in [0.3, 0.4) is 0 Å². The van der Waals surface area contributed by atoms with Crippen molar-refractivity contribution in [3.63, 3.8) is 0 Å². The molecule has 0 atom stereocenters. The molecule has 1 heterocycles. The Labute approximate surface area is 89.7 Å². The van der Waals surface area contributed by atoms with Crippen molar-refractivity contribution in [2.24, 2.45) is 0 Å². The lowest BCUT2D eigenvalue weighted by Crippen LogP contribution is -1.93. The first-order valence-electron chi connectivity index (χ1n) is 4.38. The van der Waals surface area contributed by atoms with E-state index in [1.165, 1.54) is 18.7 Å². The maximum atomic E-state index is 13.0. The summed E-state index contributed by atoms with van der Waals surface area (Å²) in [5, 5.41) is 10.7. The average Bonchev–Trinajstić information content (AvgIpc) is 2.29. The number of hydrogen-bond donors (Lipinski definition) is 0. The van der Waals surface area contributed by atoms with Gasteiger partial charge in [0.2, 0.25) is 0 Å². The Bertz CT molecular complexity index is 531. The molecule has 0 spiro atoms. The maximum absolute atomic E-state index is 13.0. The predicted octanol–water partition coefficient (Wildman–Crippen LogP) is 2.19. The second kappa shape index (κ2) is 4.01. The molecule has 0 saturated carbocycles. The quantitative estimate of drug-likeness (QED) is 0.573. The molecule has 0 amide bonds. The van der Waals surface area contributed by atoms with E-state index in [2.05, 4.69) is 9.97 Å². The number of halogens is 1. The number of aromatic nitrogens is 2. The summed E-state index contributed by atoms with van der Waals surface area (Å²) in [6.07, 6.45) is 4.10. The van der Waals surface area contributed by atoms with E-state index >= 15 is 0 Å². The SMILES string of the molecule is O=[N+]([O-])c1ccc(F)cc1-c1cncnc1. The van der Waals surface area contributed by atoms with Crippen molar-refractivity contribution in [3.05, 3.63) is 52.9 Å². The van der Waals surface area contributed by atoms with Crippen LogP contribution in [0, 0.1) is 15.9 Å². The minimum absolute atomic E-state index is 0.170. The van der Waals surface area contributed by atoms with E-state index in [-0.39, 0.29) is 11.3 Å². The number of rotatable bonds is 2. The lowest BCUT2D eigenvalue weighted by molar-refractivity contribution is -0.384. The Morgan fingerprint density at radius 1 is 1.25 bits per heavy atom. The van der Waals surface area contributed by atoms with E-state index in [0.717, 1.165) is 18.2 Å². The molecule has 0 N–H and O–H groups in total. The Morgan fingerprint density at radius 2 is 1.94 bits per heavy atom. The van der Waals surface area contributed by atoms with Crippen LogP contribution in [0.25, 0.3) is 11.1 Å². The van der Waals surface area contributed by atoms with Gasteiger partial charge in [0.1, 0.15) is 12.1 Å². The highest BCUT2D eigenvalue weighted by Crippen LogP contribution is 2.29. The van der Waals surface area contributed by atoms with E-state index in [9.17, 15) is 14.5 Å². The first-order valence-corrected chi connectivity index (χ1v) is 4.38. The highest BCUT2D eigenvalue weighted by molar-refractivity contribution is 5.72. The maximum Gasteiger partial charge on any atom is 0.277 e. The summed E-state index contributed by atoms with van der Waals surface area (Å²) in [5.74, 6) is -0.538. The third-order valence-electron chi connectivity index (χ3n) is 2.03. The van der Waals surface area contributed by atoms with Gasteiger partial charge in [-0.1, -0.05) is 0 Å². The molecule has 1 aromatic heterocycles. The normalized spacial score (nSPS) is 10.1. The molecule has 5 nitrogen and oxygen atoms in total. The molecular weight excluding hydrogens is 213 g/mol. The van der Waals surface area contributed by atoms with Gasteiger partial charge in [-0.3, -0.25) is 10.1 Å². The van der Waals surface area contributed by atoms with Crippen molar-refractivity contribution >= 4 is 5.69 Å². The summed E-state index contributed by atoms with van der Waals surface area (Å²) in [6.45, 7) is 0. The van der Waals surface area contributed by atoms with Crippen LogP contribution >= 0.6 is 0 Å². The van der Waals surface area contributed by atoms with E-state index in [1.54, 1.807) is 0 Å². The monoisotopic (exact) mass is 219 g/mol. The van der Waals surface area contributed by atoms with Gasteiger partial charge in [0.15, 0.2) is 0 Å². The zero-order valence-electron chi connectivity index (χ0n) is 8.00. The minimum Gasteiger partial charge on any atom is -0.258 e. The molecule has 2 aromatic rings. The first kappa shape index (κ1) is 10.2. The smallest absolute Gasteiger partial charge is 0.258 e. The summed E-state index contributed by atoms with van der Waals surface area (Å²) >= 11 is 0. The van der Waals surface area contributed by atoms with Crippen LogP contribution in [0.1, 0.15) is 0 Å². The van der Waals surface area contributed by atoms with Crippen molar-refractivity contribution in [2.75, 3.05) is 0 Å². The number of nitro benzene ring substituents is 1. The van der Waals surface area contributed by atoms with E-state index < -0.39 is 10.7 Å². The second-order valence-corrected chi connectivity index (χ2v) is 3.05. The summed E-state index contributed by atoms with van der Waals surface area (Å²) in [6, 6.07) is 3.26. The average molecular weight is 219 g/mol. The zero-order chi connectivity index (χ0) is 11.5. The molecule has 0 bridgehead atoms. The van der Waals surface area contributed by atoms with Gasteiger partial charge in [-0.05, 0) is 12.1 Å². The largest absolute Gasteiger partial charge is 0.277 e. The molecule has 0 saturated heterocycles. The molecule has 0 aliphatic carbocycles. The minimum atomic E-state index is -0.568. The molecule has 1 aromatic carbocycles. The second-order valence-electron chi connectivity index (χ2n) is 3.05.